The summed E-state index contributed by atoms with van der Waals surface area (Å²) < 4.78 is 16.3. The lowest BCUT2D eigenvalue weighted by atomic mass is 10.0. The van der Waals surface area contributed by atoms with Gasteiger partial charge in [0.2, 0.25) is 0 Å². The summed E-state index contributed by atoms with van der Waals surface area (Å²) in [4.78, 5) is 25.8. The van der Waals surface area contributed by atoms with E-state index in [2.05, 4.69) is 11.2 Å². The number of fused-ring (bicyclic) bond motifs is 2. The molecule has 2 aromatic carbocycles. The molecule has 7 heteroatoms. The lowest BCUT2D eigenvalue weighted by molar-refractivity contribution is 0.0469. The van der Waals surface area contributed by atoms with Crippen molar-refractivity contribution in [1.82, 2.24) is 5.16 Å². The van der Waals surface area contributed by atoms with E-state index in [1.807, 2.05) is 31.2 Å². The van der Waals surface area contributed by atoms with E-state index < -0.39 is 11.6 Å². The Labute approximate surface area is 188 Å². The Balaban J connectivity index is 1.35. The predicted octanol–water partition coefficient (Wildman–Crippen LogP) is 5.23. The molecule has 0 saturated carbocycles. The minimum Gasteiger partial charge on any atom is -0.457 e. The number of carbonyl (C=O) groups excluding carboxylic acids is 1. The Morgan fingerprint density at radius 1 is 1.12 bits per heavy atom. The summed E-state index contributed by atoms with van der Waals surface area (Å²) in [7, 11) is 0. The van der Waals surface area contributed by atoms with Gasteiger partial charge in [0, 0.05) is 28.0 Å². The first-order valence-corrected chi connectivity index (χ1v) is 11.4. The summed E-state index contributed by atoms with van der Waals surface area (Å²) in [6.45, 7) is 1.87. The molecule has 0 amide bonds. The molecule has 1 aliphatic carbocycles. The van der Waals surface area contributed by atoms with E-state index >= 15 is 0 Å². The number of esters is 1. The first-order valence-electron chi connectivity index (χ1n) is 10.5. The van der Waals surface area contributed by atoms with Crippen molar-refractivity contribution in [2.24, 2.45) is 0 Å². The topological polar surface area (TPSA) is 82.5 Å². The van der Waals surface area contributed by atoms with Gasteiger partial charge in [-0.2, -0.15) is 0 Å². The number of nitrogens with zero attached hydrogens (tertiary/aromatic N) is 1. The van der Waals surface area contributed by atoms with Gasteiger partial charge < -0.3 is 13.7 Å². The molecule has 162 valence electrons. The largest absolute Gasteiger partial charge is 0.457 e. The van der Waals surface area contributed by atoms with Gasteiger partial charge >= 0.3 is 11.6 Å². The van der Waals surface area contributed by atoms with Crippen LogP contribution in [-0.4, -0.2) is 11.1 Å². The van der Waals surface area contributed by atoms with Crippen LogP contribution < -0.4 is 5.63 Å². The smallest absolute Gasteiger partial charge is 0.339 e. The van der Waals surface area contributed by atoms with Crippen LogP contribution in [0.4, 0.5) is 0 Å². The average Bonchev–Trinajstić information content (AvgIpc) is 3.42. The van der Waals surface area contributed by atoms with E-state index in [-0.39, 0.29) is 6.61 Å². The summed E-state index contributed by atoms with van der Waals surface area (Å²) in [5.41, 5.74) is 4.54. The third-order valence-electron chi connectivity index (χ3n) is 5.56. The Kier molecular flexibility index (Phi) is 5.57. The molecule has 0 aliphatic heterocycles. The molecule has 4 aromatic rings. The van der Waals surface area contributed by atoms with Gasteiger partial charge in [-0.25, -0.2) is 9.59 Å². The predicted molar refractivity (Wildman–Crippen MR) is 121 cm³/mol. The van der Waals surface area contributed by atoms with E-state index in [0.29, 0.717) is 22.5 Å². The fourth-order valence-corrected chi connectivity index (χ4v) is 4.95. The van der Waals surface area contributed by atoms with Crippen molar-refractivity contribution in [1.29, 1.82) is 0 Å². The first kappa shape index (κ1) is 20.6. The maximum absolute atomic E-state index is 12.9. The highest BCUT2D eigenvalue weighted by Gasteiger charge is 2.18. The maximum atomic E-state index is 12.9. The number of hydrogen-bond donors (Lipinski definition) is 0. The van der Waals surface area contributed by atoms with Crippen LogP contribution in [-0.2, 0) is 29.9 Å². The lowest BCUT2D eigenvalue weighted by Crippen LogP contribution is -2.09. The van der Waals surface area contributed by atoms with Crippen LogP contribution in [0.15, 0.2) is 67.2 Å². The molecule has 1 aliphatic rings. The standard InChI is InChI=1S/C25H21NO5S/c1-15-9-19(31-26-15)14-32-23-8-3-2-7-20(23)25(28)29-13-18-12-24(27)30-22-11-17-6-4-5-16(17)10-21(18)22/h2-3,7-12H,4-6,13-14H2,1H3. The zero-order chi connectivity index (χ0) is 22.1. The molecule has 2 aromatic heterocycles. The Morgan fingerprint density at radius 2 is 1.94 bits per heavy atom. The van der Waals surface area contributed by atoms with Crippen molar-refractivity contribution in [2.75, 3.05) is 0 Å². The fraction of sp³-hybridized carbons (Fsp3) is 0.240. The third kappa shape index (κ3) is 4.21. The number of rotatable bonds is 6. The molecule has 5 rings (SSSR count). The van der Waals surface area contributed by atoms with Crippen LogP contribution in [0.3, 0.4) is 0 Å². The zero-order valence-corrected chi connectivity index (χ0v) is 18.4. The summed E-state index contributed by atoms with van der Waals surface area (Å²) in [5, 5.41) is 4.71. The maximum Gasteiger partial charge on any atom is 0.339 e. The summed E-state index contributed by atoms with van der Waals surface area (Å²) in [5.74, 6) is 0.857. The molecule has 2 heterocycles. The van der Waals surface area contributed by atoms with Crippen LogP contribution in [0.25, 0.3) is 11.0 Å². The second-order valence-corrected chi connectivity index (χ2v) is 8.87. The van der Waals surface area contributed by atoms with Gasteiger partial charge in [0.05, 0.1) is 17.0 Å². The molecule has 0 unspecified atom stereocenters. The third-order valence-corrected chi connectivity index (χ3v) is 6.65. The molecule has 32 heavy (non-hydrogen) atoms. The highest BCUT2D eigenvalue weighted by Crippen LogP contribution is 2.30. The Hall–Kier alpha value is -3.32. The number of aryl methyl sites for hydroxylation is 3. The minimum absolute atomic E-state index is 0.0000194. The van der Waals surface area contributed by atoms with Gasteiger partial charge in [0.1, 0.15) is 18.0 Å². The molecule has 6 nitrogen and oxygen atoms in total. The van der Waals surface area contributed by atoms with Crippen LogP contribution in [0.1, 0.15) is 44.9 Å². The number of thioether (sulfide) groups is 1. The van der Waals surface area contributed by atoms with Crippen LogP contribution in [0.5, 0.6) is 0 Å². The number of ether oxygens (including phenoxy) is 1. The molecule has 0 spiro atoms. The van der Waals surface area contributed by atoms with Crippen molar-refractivity contribution >= 4 is 28.7 Å². The number of hydrogen-bond acceptors (Lipinski definition) is 7. The lowest BCUT2D eigenvalue weighted by Gasteiger charge is -2.11. The van der Waals surface area contributed by atoms with Crippen molar-refractivity contribution in [3.63, 3.8) is 0 Å². The summed E-state index contributed by atoms with van der Waals surface area (Å²) in [6, 6.07) is 14.6. The number of carbonyl (C=O) groups is 1. The van der Waals surface area contributed by atoms with Crippen molar-refractivity contribution < 1.29 is 18.5 Å². The quantitative estimate of drug-likeness (QED) is 0.227. The van der Waals surface area contributed by atoms with E-state index in [0.717, 1.165) is 41.0 Å². The zero-order valence-electron chi connectivity index (χ0n) is 17.6. The minimum atomic E-state index is -0.445. The number of benzene rings is 2. The SMILES string of the molecule is Cc1cc(CSc2ccccc2C(=O)OCc2cc(=O)oc3cc4c(cc23)CCC4)on1. The van der Waals surface area contributed by atoms with Crippen LogP contribution >= 0.6 is 11.8 Å². The molecule has 0 radical (unpaired) electrons. The van der Waals surface area contributed by atoms with Gasteiger partial charge in [0.25, 0.3) is 0 Å². The van der Waals surface area contributed by atoms with E-state index in [9.17, 15) is 9.59 Å². The molecular formula is C25H21NO5S. The van der Waals surface area contributed by atoms with Gasteiger partial charge in [-0.05, 0) is 61.6 Å². The molecule has 0 fully saturated rings. The number of aromatic nitrogens is 1. The second kappa shape index (κ2) is 8.67. The molecule has 0 atom stereocenters. The Bertz CT molecular complexity index is 1370. The molecule has 0 saturated heterocycles. The molecule has 0 N–H and O–H groups in total. The van der Waals surface area contributed by atoms with Gasteiger partial charge in [-0.3, -0.25) is 0 Å². The fourth-order valence-electron chi connectivity index (χ4n) is 4.03. The van der Waals surface area contributed by atoms with Crippen molar-refractivity contribution in [2.45, 2.75) is 43.4 Å². The van der Waals surface area contributed by atoms with Crippen molar-refractivity contribution in [3.05, 3.63) is 92.7 Å². The van der Waals surface area contributed by atoms with E-state index in [1.54, 1.807) is 12.1 Å². The van der Waals surface area contributed by atoms with Crippen LogP contribution in [0.2, 0.25) is 0 Å². The highest BCUT2D eigenvalue weighted by molar-refractivity contribution is 7.98. The van der Waals surface area contributed by atoms with E-state index in [1.165, 1.54) is 29.0 Å². The average molecular weight is 448 g/mol. The summed E-state index contributed by atoms with van der Waals surface area (Å²) in [6.07, 6.45) is 3.11. The van der Waals surface area contributed by atoms with Crippen LogP contribution in [0, 0.1) is 6.92 Å². The highest BCUT2D eigenvalue weighted by atomic mass is 32.2. The van der Waals surface area contributed by atoms with Gasteiger partial charge in [-0.1, -0.05) is 17.3 Å². The first-order chi connectivity index (χ1) is 15.6. The van der Waals surface area contributed by atoms with Gasteiger partial charge in [-0.15, -0.1) is 11.8 Å². The van der Waals surface area contributed by atoms with Gasteiger partial charge in [0.15, 0.2) is 0 Å². The van der Waals surface area contributed by atoms with E-state index in [4.69, 9.17) is 13.7 Å². The monoisotopic (exact) mass is 447 g/mol. The molecular weight excluding hydrogens is 426 g/mol. The molecule has 0 bridgehead atoms. The normalized spacial score (nSPS) is 12.8. The second-order valence-electron chi connectivity index (χ2n) is 7.86. The Morgan fingerprint density at radius 3 is 2.75 bits per heavy atom. The van der Waals surface area contributed by atoms with Crippen molar-refractivity contribution in [3.8, 4) is 0 Å². The summed E-state index contributed by atoms with van der Waals surface area (Å²) >= 11 is 1.48.